The fraction of sp³-hybridized carbons (Fsp3) is 0.372. The molecule has 2 heterocycles. The van der Waals surface area contributed by atoms with Crippen molar-refractivity contribution < 1.29 is 19.1 Å². The van der Waals surface area contributed by atoms with Gasteiger partial charge in [0.25, 0.3) is 0 Å². The molecule has 0 spiro atoms. The van der Waals surface area contributed by atoms with Gasteiger partial charge in [-0.25, -0.2) is 14.4 Å². The number of fused-ring (bicyclic) bond motifs is 1. The number of para-hydroxylation sites is 2. The summed E-state index contributed by atoms with van der Waals surface area (Å²) in [5.74, 6) is 0. The molecule has 0 radical (unpaired) electrons. The lowest BCUT2D eigenvalue weighted by Crippen LogP contribution is -2.44. The standard InChI is InChI=1S/C43H51N5O5/c1-43(2,3)53-40(49)44-25-28-47-38-21-13-14-22-39(38)48(41(47)50)36-23-26-45(27-24-36)42(51)52-32-37(29-33-15-7-4-8-16-33)46(30-34-17-9-5-10-18-34)31-35-19-11-6-12-20-35/h4-22,36-37H,23-32H2,1-3H3,(H,44,49)/t37-/m0/s1. The summed E-state index contributed by atoms with van der Waals surface area (Å²) in [4.78, 5) is 43.9. The summed E-state index contributed by atoms with van der Waals surface area (Å²) in [6, 6.07) is 38.8. The minimum atomic E-state index is -0.604. The van der Waals surface area contributed by atoms with Crippen LogP contribution in [-0.4, -0.2) is 69.0 Å². The van der Waals surface area contributed by atoms with E-state index in [4.69, 9.17) is 9.47 Å². The Morgan fingerprint density at radius 1 is 0.774 bits per heavy atom. The molecule has 1 atom stereocenters. The second-order valence-electron chi connectivity index (χ2n) is 14.7. The predicted molar refractivity (Wildman–Crippen MR) is 208 cm³/mol. The number of alkyl carbamates (subject to hydrolysis) is 1. The van der Waals surface area contributed by atoms with Crippen LogP contribution in [0.5, 0.6) is 0 Å². The number of imidazole rings is 1. The second-order valence-corrected chi connectivity index (χ2v) is 14.7. The van der Waals surface area contributed by atoms with Gasteiger partial charge in [0, 0.05) is 51.4 Å². The van der Waals surface area contributed by atoms with Gasteiger partial charge in [0.05, 0.1) is 11.0 Å². The molecule has 10 nitrogen and oxygen atoms in total. The molecule has 1 N–H and O–H groups in total. The topological polar surface area (TPSA) is 98.0 Å². The number of piperidine rings is 1. The van der Waals surface area contributed by atoms with E-state index >= 15 is 0 Å². The van der Waals surface area contributed by atoms with Gasteiger partial charge in [0.1, 0.15) is 12.2 Å². The first-order valence-corrected chi connectivity index (χ1v) is 18.6. The van der Waals surface area contributed by atoms with Crippen LogP contribution in [0.25, 0.3) is 11.0 Å². The highest BCUT2D eigenvalue weighted by Gasteiger charge is 2.29. The number of hydrogen-bond acceptors (Lipinski definition) is 6. The Labute approximate surface area is 311 Å². The number of hydrogen-bond donors (Lipinski definition) is 1. The van der Waals surface area contributed by atoms with Gasteiger partial charge in [-0.1, -0.05) is 103 Å². The summed E-state index contributed by atoms with van der Waals surface area (Å²) in [5.41, 5.74) is 4.51. The van der Waals surface area contributed by atoms with Crippen molar-refractivity contribution in [1.29, 1.82) is 0 Å². The van der Waals surface area contributed by atoms with E-state index < -0.39 is 11.7 Å². The third kappa shape index (κ3) is 10.2. The molecular weight excluding hydrogens is 667 g/mol. The zero-order valence-electron chi connectivity index (χ0n) is 31.0. The van der Waals surface area contributed by atoms with Gasteiger partial charge in [-0.05, 0) is 68.9 Å². The first-order chi connectivity index (χ1) is 25.6. The molecule has 6 rings (SSSR count). The van der Waals surface area contributed by atoms with Crippen molar-refractivity contribution >= 4 is 23.2 Å². The molecule has 1 aliphatic heterocycles. The monoisotopic (exact) mass is 717 g/mol. The first-order valence-electron chi connectivity index (χ1n) is 18.6. The van der Waals surface area contributed by atoms with E-state index in [1.54, 1.807) is 9.47 Å². The van der Waals surface area contributed by atoms with Crippen molar-refractivity contribution in [1.82, 2.24) is 24.3 Å². The molecule has 10 heteroatoms. The third-order valence-electron chi connectivity index (χ3n) is 9.65. The number of benzene rings is 4. The van der Waals surface area contributed by atoms with Gasteiger partial charge in [0.15, 0.2) is 0 Å². The number of amides is 2. The number of rotatable bonds is 13. The van der Waals surface area contributed by atoms with Crippen molar-refractivity contribution in [3.63, 3.8) is 0 Å². The Bertz CT molecular complexity index is 1940. The Kier molecular flexibility index (Phi) is 12.3. The molecule has 53 heavy (non-hydrogen) atoms. The van der Waals surface area contributed by atoms with Gasteiger partial charge in [0.2, 0.25) is 0 Å². The molecule has 2 amide bonds. The van der Waals surface area contributed by atoms with Crippen LogP contribution in [0.15, 0.2) is 120 Å². The van der Waals surface area contributed by atoms with E-state index in [2.05, 4.69) is 70.9 Å². The van der Waals surface area contributed by atoms with E-state index in [1.165, 1.54) is 16.7 Å². The van der Waals surface area contributed by atoms with E-state index in [0.29, 0.717) is 32.5 Å². The summed E-state index contributed by atoms with van der Waals surface area (Å²) >= 11 is 0. The van der Waals surface area contributed by atoms with Gasteiger partial charge in [-0.3, -0.25) is 14.0 Å². The lowest BCUT2D eigenvalue weighted by Gasteiger charge is -2.34. The van der Waals surface area contributed by atoms with E-state index in [9.17, 15) is 14.4 Å². The summed E-state index contributed by atoms with van der Waals surface area (Å²) in [5, 5.41) is 2.76. The van der Waals surface area contributed by atoms with Gasteiger partial charge in [-0.15, -0.1) is 0 Å². The van der Waals surface area contributed by atoms with Crippen molar-refractivity contribution in [3.8, 4) is 0 Å². The van der Waals surface area contributed by atoms with Crippen LogP contribution in [0.2, 0.25) is 0 Å². The van der Waals surface area contributed by atoms with Crippen molar-refractivity contribution in [2.45, 2.75) is 77.4 Å². The molecule has 1 fully saturated rings. The maximum Gasteiger partial charge on any atom is 0.409 e. The number of nitrogens with one attached hydrogen (secondary N) is 1. The van der Waals surface area contributed by atoms with E-state index in [0.717, 1.165) is 30.5 Å². The smallest absolute Gasteiger partial charge is 0.409 e. The second kappa shape index (κ2) is 17.4. The fourth-order valence-corrected chi connectivity index (χ4v) is 7.08. The molecule has 0 bridgehead atoms. The number of likely N-dealkylation sites (tertiary alicyclic amines) is 1. The Morgan fingerprint density at radius 3 is 1.87 bits per heavy atom. The molecule has 0 unspecified atom stereocenters. The Morgan fingerprint density at radius 2 is 1.30 bits per heavy atom. The quantitative estimate of drug-likeness (QED) is 0.136. The molecule has 1 aromatic heterocycles. The summed E-state index contributed by atoms with van der Waals surface area (Å²) in [6.45, 7) is 8.65. The van der Waals surface area contributed by atoms with Crippen molar-refractivity contribution in [2.75, 3.05) is 26.2 Å². The molecule has 1 saturated heterocycles. The SMILES string of the molecule is CC(C)(C)OC(=O)NCCn1c(=O)n(C2CCN(C(=O)OC[C@H](Cc3ccccc3)N(Cc3ccccc3)Cc3ccccc3)CC2)c2ccccc21. The van der Waals surface area contributed by atoms with E-state index in [-0.39, 0.29) is 37.0 Å². The summed E-state index contributed by atoms with van der Waals surface area (Å²) in [7, 11) is 0. The number of aromatic nitrogens is 2. The molecule has 0 aliphatic carbocycles. The number of nitrogens with zero attached hydrogens (tertiary/aromatic N) is 4. The van der Waals surface area contributed by atoms with Crippen molar-refractivity contribution in [3.05, 3.63) is 142 Å². The number of carbonyl (C=O) groups excluding carboxylic acids is 2. The van der Waals surface area contributed by atoms with Crippen LogP contribution >= 0.6 is 0 Å². The zero-order chi connectivity index (χ0) is 37.2. The number of carbonyl (C=O) groups is 2. The zero-order valence-corrected chi connectivity index (χ0v) is 31.0. The van der Waals surface area contributed by atoms with Gasteiger partial charge in [-0.2, -0.15) is 0 Å². The number of ether oxygens (including phenoxy) is 2. The van der Waals surface area contributed by atoms with Crippen LogP contribution in [0.4, 0.5) is 9.59 Å². The van der Waals surface area contributed by atoms with Gasteiger partial charge < -0.3 is 19.7 Å². The van der Waals surface area contributed by atoms with Crippen LogP contribution < -0.4 is 11.0 Å². The molecule has 5 aromatic rings. The molecular formula is C43H51N5O5. The molecule has 0 saturated carbocycles. The maximum atomic E-state index is 13.8. The fourth-order valence-electron chi connectivity index (χ4n) is 7.08. The molecule has 4 aromatic carbocycles. The summed E-state index contributed by atoms with van der Waals surface area (Å²) < 4.78 is 15.0. The highest BCUT2D eigenvalue weighted by molar-refractivity contribution is 5.76. The third-order valence-corrected chi connectivity index (χ3v) is 9.65. The van der Waals surface area contributed by atoms with Crippen LogP contribution in [0.1, 0.15) is 56.3 Å². The molecule has 278 valence electrons. The summed E-state index contributed by atoms with van der Waals surface area (Å²) in [6.07, 6.45) is 1.14. The van der Waals surface area contributed by atoms with Crippen LogP contribution in [0, 0.1) is 0 Å². The van der Waals surface area contributed by atoms with Crippen molar-refractivity contribution in [2.24, 2.45) is 0 Å². The largest absolute Gasteiger partial charge is 0.448 e. The highest BCUT2D eigenvalue weighted by atomic mass is 16.6. The Balaban J connectivity index is 1.12. The highest BCUT2D eigenvalue weighted by Crippen LogP contribution is 2.27. The molecule has 1 aliphatic rings. The average molecular weight is 718 g/mol. The van der Waals surface area contributed by atoms with Crippen LogP contribution in [-0.2, 0) is 35.5 Å². The minimum Gasteiger partial charge on any atom is -0.448 e. The lowest BCUT2D eigenvalue weighted by molar-refractivity contribution is 0.0511. The first kappa shape index (κ1) is 37.4. The maximum absolute atomic E-state index is 13.8. The normalized spacial score (nSPS) is 14.3. The van der Waals surface area contributed by atoms with Crippen LogP contribution in [0.3, 0.4) is 0 Å². The minimum absolute atomic E-state index is 0.0613. The average Bonchev–Trinajstić information content (AvgIpc) is 3.44. The predicted octanol–water partition coefficient (Wildman–Crippen LogP) is 7.41. The van der Waals surface area contributed by atoms with Gasteiger partial charge >= 0.3 is 17.9 Å². The lowest BCUT2D eigenvalue weighted by atomic mass is 10.0. The Hall–Kier alpha value is -5.35. The van der Waals surface area contributed by atoms with E-state index in [1.807, 2.05) is 79.9 Å².